The molecule has 7 heteroatoms. The van der Waals surface area contributed by atoms with Gasteiger partial charge >= 0.3 is 0 Å². The lowest BCUT2D eigenvalue weighted by Crippen LogP contribution is -2.53. The molecule has 25 heavy (non-hydrogen) atoms. The first-order valence-corrected chi connectivity index (χ1v) is 9.34. The number of hydrogen-bond acceptors (Lipinski definition) is 6. The fourth-order valence-corrected chi connectivity index (χ4v) is 3.65. The van der Waals surface area contributed by atoms with Gasteiger partial charge in [-0.2, -0.15) is 0 Å². The highest BCUT2D eigenvalue weighted by atomic mass is 32.1. The molecule has 1 N–H and O–H groups in total. The monoisotopic (exact) mass is 360 g/mol. The molecule has 1 fully saturated rings. The molecule has 0 aliphatic carbocycles. The molecule has 0 bridgehead atoms. The van der Waals surface area contributed by atoms with Crippen LogP contribution < -0.4 is 15.0 Å². The van der Waals surface area contributed by atoms with E-state index in [9.17, 15) is 4.79 Å². The summed E-state index contributed by atoms with van der Waals surface area (Å²) >= 11 is 1.66. The maximum Gasteiger partial charge on any atom is 0.237 e. The topological polar surface area (TPSA) is 57.7 Å². The first kappa shape index (κ1) is 17.7. The Balaban J connectivity index is 1.47. The molecule has 1 atom stereocenters. The summed E-state index contributed by atoms with van der Waals surface area (Å²) in [6, 6.07) is 7.62. The summed E-state index contributed by atoms with van der Waals surface area (Å²) in [5.41, 5.74) is 1.04. The third-order valence-corrected chi connectivity index (χ3v) is 5.36. The average Bonchev–Trinajstić information content (AvgIpc) is 3.20. The van der Waals surface area contributed by atoms with Crippen LogP contribution in [0.3, 0.4) is 0 Å². The van der Waals surface area contributed by atoms with E-state index in [1.165, 1.54) is 0 Å². The first-order valence-electron chi connectivity index (χ1n) is 8.46. The fourth-order valence-electron chi connectivity index (χ4n) is 2.96. The Hall–Kier alpha value is -2.12. The van der Waals surface area contributed by atoms with E-state index in [2.05, 4.69) is 20.1 Å². The molecule has 1 aliphatic rings. The van der Waals surface area contributed by atoms with E-state index in [1.807, 2.05) is 42.8 Å². The molecule has 0 radical (unpaired) electrons. The largest absolute Gasteiger partial charge is 0.497 e. The van der Waals surface area contributed by atoms with Gasteiger partial charge in [0, 0.05) is 44.3 Å². The minimum atomic E-state index is -0.135. The highest BCUT2D eigenvalue weighted by Gasteiger charge is 2.26. The number of benzene rings is 1. The van der Waals surface area contributed by atoms with Gasteiger partial charge in [-0.25, -0.2) is 4.98 Å². The molecule has 2 aromatic rings. The number of thiazole rings is 1. The molecule has 1 aromatic heterocycles. The van der Waals surface area contributed by atoms with Crippen LogP contribution in [0.15, 0.2) is 35.8 Å². The highest BCUT2D eigenvalue weighted by molar-refractivity contribution is 7.13. The van der Waals surface area contributed by atoms with E-state index >= 15 is 0 Å². The first-order chi connectivity index (χ1) is 12.2. The third kappa shape index (κ3) is 4.49. The number of amides is 1. The Morgan fingerprint density at radius 2 is 2.16 bits per heavy atom. The van der Waals surface area contributed by atoms with E-state index < -0.39 is 0 Å². The number of rotatable bonds is 6. The van der Waals surface area contributed by atoms with Gasteiger partial charge in [-0.3, -0.25) is 9.69 Å². The van der Waals surface area contributed by atoms with Gasteiger partial charge in [0.05, 0.1) is 13.2 Å². The predicted octanol–water partition coefficient (Wildman–Crippen LogP) is 1.98. The summed E-state index contributed by atoms with van der Waals surface area (Å²) in [5.74, 6) is 0.864. The molecule has 3 rings (SSSR count). The second-order valence-electron chi connectivity index (χ2n) is 6.08. The van der Waals surface area contributed by atoms with E-state index in [4.69, 9.17) is 4.74 Å². The van der Waals surface area contributed by atoms with Crippen LogP contribution >= 0.6 is 11.3 Å². The molecule has 0 saturated carbocycles. The molecule has 134 valence electrons. The van der Waals surface area contributed by atoms with Crippen molar-refractivity contribution < 1.29 is 9.53 Å². The lowest BCUT2D eigenvalue weighted by molar-refractivity contribution is -0.126. The zero-order chi connectivity index (χ0) is 17.6. The normalized spacial score (nSPS) is 16.5. The van der Waals surface area contributed by atoms with Crippen molar-refractivity contribution in [3.05, 3.63) is 41.4 Å². The molecular weight excluding hydrogens is 336 g/mol. The Morgan fingerprint density at radius 1 is 1.36 bits per heavy atom. The number of nitrogens with zero attached hydrogens (tertiary/aromatic N) is 3. The Morgan fingerprint density at radius 3 is 2.84 bits per heavy atom. The second-order valence-corrected chi connectivity index (χ2v) is 6.96. The number of carbonyl (C=O) groups is 1. The van der Waals surface area contributed by atoms with Gasteiger partial charge in [0.1, 0.15) is 5.75 Å². The van der Waals surface area contributed by atoms with Crippen molar-refractivity contribution in [2.45, 2.75) is 19.5 Å². The van der Waals surface area contributed by atoms with Gasteiger partial charge in [0.15, 0.2) is 5.13 Å². The predicted molar refractivity (Wildman–Crippen MR) is 100 cm³/mol. The fraction of sp³-hybridized carbons (Fsp3) is 0.444. The molecule has 1 aromatic carbocycles. The van der Waals surface area contributed by atoms with Crippen molar-refractivity contribution in [1.82, 2.24) is 15.2 Å². The van der Waals surface area contributed by atoms with Gasteiger partial charge < -0.3 is 15.0 Å². The minimum absolute atomic E-state index is 0.0607. The lowest BCUT2D eigenvalue weighted by Gasteiger charge is -2.37. The van der Waals surface area contributed by atoms with Crippen LogP contribution in [-0.4, -0.2) is 55.1 Å². The lowest BCUT2D eigenvalue weighted by atomic mass is 10.2. The summed E-state index contributed by atoms with van der Waals surface area (Å²) in [4.78, 5) is 21.3. The number of aromatic nitrogens is 1. The van der Waals surface area contributed by atoms with E-state index in [0.717, 1.165) is 42.6 Å². The van der Waals surface area contributed by atoms with Crippen LogP contribution in [0.5, 0.6) is 5.75 Å². The van der Waals surface area contributed by atoms with Crippen LogP contribution in [0.2, 0.25) is 0 Å². The van der Waals surface area contributed by atoms with Crippen LogP contribution in [0.1, 0.15) is 12.5 Å². The average molecular weight is 360 g/mol. The van der Waals surface area contributed by atoms with Crippen molar-refractivity contribution in [3.8, 4) is 5.75 Å². The number of hydrogen-bond donors (Lipinski definition) is 1. The van der Waals surface area contributed by atoms with Crippen molar-refractivity contribution >= 4 is 22.4 Å². The Bertz CT molecular complexity index is 684. The molecule has 2 heterocycles. The van der Waals surface area contributed by atoms with Crippen LogP contribution in [0.4, 0.5) is 5.13 Å². The molecule has 0 spiro atoms. The van der Waals surface area contributed by atoms with E-state index in [-0.39, 0.29) is 11.9 Å². The van der Waals surface area contributed by atoms with Crippen LogP contribution in [0.25, 0.3) is 0 Å². The van der Waals surface area contributed by atoms with Gasteiger partial charge in [-0.1, -0.05) is 12.1 Å². The molecule has 1 aliphatic heterocycles. The molecule has 1 amide bonds. The SMILES string of the molecule is COc1cccc(CNC(=O)C(C)N2CCN(c3nccs3)CC2)c1. The highest BCUT2D eigenvalue weighted by Crippen LogP contribution is 2.19. The number of methoxy groups -OCH3 is 1. The van der Waals surface area contributed by atoms with Crippen LogP contribution in [0, 0.1) is 0 Å². The number of piperazine rings is 1. The molecule has 6 nitrogen and oxygen atoms in total. The smallest absolute Gasteiger partial charge is 0.237 e. The summed E-state index contributed by atoms with van der Waals surface area (Å²) in [7, 11) is 1.64. The molecule has 1 unspecified atom stereocenters. The van der Waals surface area contributed by atoms with Crippen molar-refractivity contribution in [3.63, 3.8) is 0 Å². The quantitative estimate of drug-likeness (QED) is 0.854. The standard InChI is InChI=1S/C18H24N4O2S/c1-14(17(23)20-13-15-4-3-5-16(12-15)24-2)21-7-9-22(10-8-21)18-19-6-11-25-18/h3-6,11-12,14H,7-10,13H2,1-2H3,(H,20,23). The zero-order valence-corrected chi connectivity index (χ0v) is 15.5. The molecular formula is C18H24N4O2S. The van der Waals surface area contributed by atoms with Gasteiger partial charge in [-0.15, -0.1) is 11.3 Å². The number of ether oxygens (including phenoxy) is 1. The van der Waals surface area contributed by atoms with Gasteiger partial charge in [0.2, 0.25) is 5.91 Å². The number of carbonyl (C=O) groups excluding carboxylic acids is 1. The summed E-state index contributed by atoms with van der Waals surface area (Å²) < 4.78 is 5.22. The summed E-state index contributed by atoms with van der Waals surface area (Å²) in [5, 5.41) is 6.09. The minimum Gasteiger partial charge on any atom is -0.497 e. The third-order valence-electron chi connectivity index (χ3n) is 4.53. The zero-order valence-electron chi connectivity index (χ0n) is 14.6. The van der Waals surface area contributed by atoms with Gasteiger partial charge in [0.25, 0.3) is 0 Å². The van der Waals surface area contributed by atoms with E-state index in [0.29, 0.717) is 6.54 Å². The van der Waals surface area contributed by atoms with Gasteiger partial charge in [-0.05, 0) is 24.6 Å². The maximum absolute atomic E-state index is 12.5. The summed E-state index contributed by atoms with van der Waals surface area (Å²) in [6.07, 6.45) is 1.83. The Kier molecular flexibility index (Phi) is 5.88. The second kappa shape index (κ2) is 8.31. The van der Waals surface area contributed by atoms with Crippen molar-refractivity contribution in [2.75, 3.05) is 38.2 Å². The number of nitrogens with one attached hydrogen (secondary N) is 1. The van der Waals surface area contributed by atoms with Crippen molar-refractivity contribution in [1.29, 1.82) is 0 Å². The Labute approximate surface area is 152 Å². The number of anilines is 1. The molecule has 1 saturated heterocycles. The van der Waals surface area contributed by atoms with Crippen LogP contribution in [-0.2, 0) is 11.3 Å². The maximum atomic E-state index is 12.5. The van der Waals surface area contributed by atoms with Crippen molar-refractivity contribution in [2.24, 2.45) is 0 Å². The summed E-state index contributed by atoms with van der Waals surface area (Å²) in [6.45, 7) is 6.03. The van der Waals surface area contributed by atoms with E-state index in [1.54, 1.807) is 18.4 Å².